The maximum atomic E-state index is 13.2. The minimum absolute atomic E-state index is 0.0363. The molecule has 0 aliphatic carbocycles. The molecule has 0 radical (unpaired) electrons. The summed E-state index contributed by atoms with van der Waals surface area (Å²) in [5, 5.41) is 9.42. The van der Waals surface area contributed by atoms with Crippen LogP contribution < -0.4 is 24.8 Å². The molecule has 4 rings (SSSR count). The zero-order valence-corrected chi connectivity index (χ0v) is 19.9. The average molecular weight is 489 g/mol. The van der Waals surface area contributed by atoms with Crippen molar-refractivity contribution in [3.8, 4) is 17.2 Å². The van der Waals surface area contributed by atoms with Crippen LogP contribution >= 0.6 is 0 Å². The first-order chi connectivity index (χ1) is 17.5. The summed E-state index contributed by atoms with van der Waals surface area (Å²) in [6.07, 6.45) is 0. The van der Waals surface area contributed by atoms with Crippen LogP contribution in [0.25, 0.3) is 0 Å². The Bertz CT molecular complexity index is 1370. The van der Waals surface area contributed by atoms with E-state index in [1.165, 1.54) is 14.2 Å². The summed E-state index contributed by atoms with van der Waals surface area (Å²) in [5.41, 5.74) is 1.52. The molecule has 0 atom stereocenters. The van der Waals surface area contributed by atoms with Gasteiger partial charge in [0.2, 0.25) is 11.7 Å². The van der Waals surface area contributed by atoms with E-state index < -0.39 is 5.91 Å². The highest BCUT2D eigenvalue weighted by Crippen LogP contribution is 2.37. The number of benzene rings is 3. The number of hydrogen-bond acceptors (Lipinski definition) is 8. The van der Waals surface area contributed by atoms with Crippen LogP contribution in [0.1, 0.15) is 32.4 Å². The molecule has 0 spiro atoms. The van der Waals surface area contributed by atoms with E-state index >= 15 is 0 Å². The quantitative estimate of drug-likeness (QED) is 0.353. The molecule has 0 aliphatic heterocycles. The van der Waals surface area contributed by atoms with Gasteiger partial charge in [0.1, 0.15) is 17.2 Å². The second-order valence-corrected chi connectivity index (χ2v) is 7.54. The fourth-order valence-electron chi connectivity index (χ4n) is 3.39. The van der Waals surface area contributed by atoms with Crippen LogP contribution in [0.3, 0.4) is 0 Å². The number of carbonyl (C=O) groups excluding carboxylic acids is 2. The number of hydrogen-bond donors (Lipinski definition) is 2. The Balaban J connectivity index is 1.54. The van der Waals surface area contributed by atoms with E-state index in [0.717, 1.165) is 0 Å². The van der Waals surface area contributed by atoms with E-state index in [1.807, 2.05) is 6.07 Å². The van der Waals surface area contributed by atoms with Gasteiger partial charge in [0.25, 0.3) is 11.8 Å². The number of aryl methyl sites for hydroxylation is 1. The van der Waals surface area contributed by atoms with Crippen molar-refractivity contribution in [1.29, 1.82) is 0 Å². The Morgan fingerprint density at radius 1 is 0.833 bits per heavy atom. The van der Waals surface area contributed by atoms with Crippen molar-refractivity contribution in [1.82, 2.24) is 10.1 Å². The normalized spacial score (nSPS) is 10.4. The van der Waals surface area contributed by atoms with Gasteiger partial charge in [-0.2, -0.15) is 4.98 Å². The van der Waals surface area contributed by atoms with E-state index in [2.05, 4.69) is 20.8 Å². The summed E-state index contributed by atoms with van der Waals surface area (Å²) in [7, 11) is 2.93. The van der Waals surface area contributed by atoms with E-state index in [4.69, 9.17) is 18.7 Å². The second-order valence-electron chi connectivity index (χ2n) is 7.54. The second kappa shape index (κ2) is 11.0. The summed E-state index contributed by atoms with van der Waals surface area (Å²) in [6.45, 7) is 1.71. The van der Waals surface area contributed by atoms with Gasteiger partial charge >= 0.3 is 0 Å². The number of rotatable bonds is 9. The maximum Gasteiger partial charge on any atom is 0.259 e. The number of anilines is 2. The smallest absolute Gasteiger partial charge is 0.259 e. The van der Waals surface area contributed by atoms with Crippen LogP contribution in [0.4, 0.5) is 11.4 Å². The van der Waals surface area contributed by atoms with Crippen LogP contribution in [0.2, 0.25) is 0 Å². The molecule has 1 aromatic heterocycles. The molecule has 4 aromatic rings. The molecule has 0 fully saturated rings. The molecule has 1 heterocycles. The van der Waals surface area contributed by atoms with E-state index in [-0.39, 0.29) is 12.5 Å². The summed E-state index contributed by atoms with van der Waals surface area (Å²) in [6, 6.07) is 18.7. The van der Waals surface area contributed by atoms with Crippen molar-refractivity contribution < 1.29 is 28.3 Å². The minimum Gasteiger partial charge on any atom is -0.494 e. The van der Waals surface area contributed by atoms with Gasteiger partial charge in [-0.3, -0.25) is 9.59 Å². The van der Waals surface area contributed by atoms with Crippen LogP contribution in [0.5, 0.6) is 17.2 Å². The van der Waals surface area contributed by atoms with Gasteiger partial charge in [-0.15, -0.1) is 0 Å². The fraction of sp³-hybridized carbons (Fsp3) is 0.154. The molecule has 2 amide bonds. The SMILES string of the molecule is COc1cc(NC(=O)c2ccccc2OCc2noc(C)n2)c(OC)cc1NC(=O)c1ccccc1. The van der Waals surface area contributed by atoms with E-state index in [0.29, 0.717) is 51.5 Å². The molecule has 36 heavy (non-hydrogen) atoms. The zero-order chi connectivity index (χ0) is 25.5. The third-order valence-electron chi connectivity index (χ3n) is 5.11. The lowest BCUT2D eigenvalue weighted by atomic mass is 10.1. The molecule has 10 nitrogen and oxygen atoms in total. The van der Waals surface area contributed by atoms with Crippen molar-refractivity contribution in [2.45, 2.75) is 13.5 Å². The van der Waals surface area contributed by atoms with Crippen LogP contribution in [-0.2, 0) is 6.61 Å². The third-order valence-corrected chi connectivity index (χ3v) is 5.11. The number of ether oxygens (including phenoxy) is 3. The van der Waals surface area contributed by atoms with Crippen molar-refractivity contribution >= 4 is 23.2 Å². The molecular weight excluding hydrogens is 464 g/mol. The third kappa shape index (κ3) is 5.61. The number of methoxy groups -OCH3 is 2. The molecule has 0 bridgehead atoms. The summed E-state index contributed by atoms with van der Waals surface area (Å²) < 4.78 is 21.6. The van der Waals surface area contributed by atoms with Crippen LogP contribution in [-0.4, -0.2) is 36.2 Å². The highest BCUT2D eigenvalue weighted by molar-refractivity contribution is 6.08. The molecule has 0 saturated carbocycles. The van der Waals surface area contributed by atoms with Crippen molar-refractivity contribution in [2.24, 2.45) is 0 Å². The Hall–Kier alpha value is -4.86. The Morgan fingerprint density at radius 3 is 2.06 bits per heavy atom. The Kier molecular flexibility index (Phi) is 7.45. The van der Waals surface area contributed by atoms with Gasteiger partial charge in [0.05, 0.1) is 31.2 Å². The van der Waals surface area contributed by atoms with Gasteiger partial charge in [-0.1, -0.05) is 35.5 Å². The van der Waals surface area contributed by atoms with Crippen molar-refractivity contribution in [3.05, 3.63) is 89.6 Å². The van der Waals surface area contributed by atoms with Gasteiger partial charge in [0.15, 0.2) is 6.61 Å². The monoisotopic (exact) mass is 488 g/mol. The predicted molar refractivity (Wildman–Crippen MR) is 132 cm³/mol. The van der Waals surface area contributed by atoms with Crippen molar-refractivity contribution in [2.75, 3.05) is 24.9 Å². The van der Waals surface area contributed by atoms with Crippen LogP contribution in [0, 0.1) is 6.92 Å². The molecule has 0 saturated heterocycles. The Labute approximate surface area is 207 Å². The summed E-state index contributed by atoms with van der Waals surface area (Å²) in [4.78, 5) is 29.9. The number of aromatic nitrogens is 2. The largest absolute Gasteiger partial charge is 0.494 e. The highest BCUT2D eigenvalue weighted by atomic mass is 16.5. The molecule has 2 N–H and O–H groups in total. The molecule has 10 heteroatoms. The Morgan fingerprint density at radius 2 is 1.44 bits per heavy atom. The molecular formula is C26H24N4O6. The van der Waals surface area contributed by atoms with Crippen LogP contribution in [0.15, 0.2) is 71.3 Å². The van der Waals surface area contributed by atoms with Gasteiger partial charge in [-0.25, -0.2) is 0 Å². The highest BCUT2D eigenvalue weighted by Gasteiger charge is 2.19. The first kappa shape index (κ1) is 24.3. The van der Waals surface area contributed by atoms with Gasteiger partial charge in [-0.05, 0) is 24.3 Å². The number of amides is 2. The van der Waals surface area contributed by atoms with E-state index in [9.17, 15) is 9.59 Å². The first-order valence-corrected chi connectivity index (χ1v) is 10.9. The molecule has 0 aliphatic rings. The number of para-hydroxylation sites is 1. The van der Waals surface area contributed by atoms with E-state index in [1.54, 1.807) is 67.6 Å². The van der Waals surface area contributed by atoms with Gasteiger partial charge in [0, 0.05) is 24.6 Å². The topological polar surface area (TPSA) is 125 Å². The predicted octanol–water partition coefficient (Wildman–Crippen LogP) is 4.48. The maximum absolute atomic E-state index is 13.2. The summed E-state index contributed by atoms with van der Waals surface area (Å²) in [5.74, 6) is 1.05. The lowest BCUT2D eigenvalue weighted by Crippen LogP contribution is -2.16. The fourth-order valence-corrected chi connectivity index (χ4v) is 3.39. The average Bonchev–Trinajstić information content (AvgIpc) is 3.33. The number of nitrogens with one attached hydrogen (secondary N) is 2. The number of nitrogens with zero attached hydrogens (tertiary/aromatic N) is 2. The van der Waals surface area contributed by atoms with Crippen molar-refractivity contribution in [3.63, 3.8) is 0 Å². The standard InChI is InChI=1S/C26H24N4O6/c1-16-27-24(30-36-16)15-35-21-12-8-7-11-18(21)26(32)29-20-14-22(33-2)19(13-23(20)34-3)28-25(31)17-9-5-4-6-10-17/h4-14H,15H2,1-3H3,(H,28,31)(H,29,32). The summed E-state index contributed by atoms with van der Waals surface area (Å²) >= 11 is 0. The zero-order valence-electron chi connectivity index (χ0n) is 19.9. The molecule has 0 unspecified atom stereocenters. The lowest BCUT2D eigenvalue weighted by molar-refractivity contribution is 0.101. The molecule has 3 aromatic carbocycles. The minimum atomic E-state index is -0.434. The first-order valence-electron chi connectivity index (χ1n) is 10.9. The molecule has 184 valence electrons. The lowest BCUT2D eigenvalue weighted by Gasteiger charge is -2.17. The van der Waals surface area contributed by atoms with Gasteiger partial charge < -0.3 is 29.4 Å². The number of carbonyl (C=O) groups is 2.